The minimum absolute atomic E-state index is 0.378. The molecule has 0 N–H and O–H groups in total. The van der Waals surface area contributed by atoms with Crippen LogP contribution in [0.15, 0.2) is 41.3 Å². The first-order chi connectivity index (χ1) is 12.9. The maximum Gasteiger partial charge on any atom is 0.416 e. The van der Waals surface area contributed by atoms with E-state index in [0.29, 0.717) is 12.1 Å². The Bertz CT molecular complexity index is 860. The molecule has 1 heterocycles. The summed E-state index contributed by atoms with van der Waals surface area (Å²) in [6, 6.07) is 2.96. The van der Waals surface area contributed by atoms with Crippen molar-refractivity contribution in [2.75, 3.05) is 6.61 Å². The summed E-state index contributed by atoms with van der Waals surface area (Å²) in [7, 11) is -4.21. The van der Waals surface area contributed by atoms with Gasteiger partial charge in [0.05, 0.1) is 10.5 Å². The number of carbonyl (C=O) groups excluding carboxylic acids is 2. The molecule has 1 aromatic rings. The van der Waals surface area contributed by atoms with Gasteiger partial charge in [0, 0.05) is 13.8 Å². The number of hydrogen-bond donors (Lipinski definition) is 0. The van der Waals surface area contributed by atoms with Gasteiger partial charge in [0.2, 0.25) is 9.84 Å². The zero-order valence-electron chi connectivity index (χ0n) is 14.8. The first-order valence-electron chi connectivity index (χ1n) is 7.97. The highest BCUT2D eigenvalue weighted by Crippen LogP contribution is 2.31. The van der Waals surface area contributed by atoms with E-state index in [9.17, 15) is 31.2 Å². The lowest BCUT2D eigenvalue weighted by atomic mass is 10.1. The lowest BCUT2D eigenvalue weighted by molar-refractivity contribution is -0.160. The van der Waals surface area contributed by atoms with E-state index in [-0.39, 0.29) is 11.5 Å². The molecule has 1 aromatic carbocycles. The van der Waals surface area contributed by atoms with E-state index in [1.165, 1.54) is 6.08 Å². The second-order valence-corrected chi connectivity index (χ2v) is 7.90. The lowest BCUT2D eigenvalue weighted by Gasteiger charge is -2.31. The highest BCUT2D eigenvalue weighted by Gasteiger charge is 2.38. The van der Waals surface area contributed by atoms with Gasteiger partial charge in [0.1, 0.15) is 18.8 Å². The van der Waals surface area contributed by atoms with Crippen molar-refractivity contribution < 1.29 is 45.4 Å². The van der Waals surface area contributed by atoms with Gasteiger partial charge in [0.25, 0.3) is 0 Å². The number of halogens is 3. The molecular formula is C17H17F3O7S. The summed E-state index contributed by atoms with van der Waals surface area (Å²) >= 11 is 0. The zero-order valence-corrected chi connectivity index (χ0v) is 15.6. The van der Waals surface area contributed by atoms with E-state index in [4.69, 9.17) is 14.2 Å². The van der Waals surface area contributed by atoms with Gasteiger partial charge in [-0.25, -0.2) is 8.42 Å². The average Bonchev–Trinajstić information content (AvgIpc) is 2.59. The molecule has 0 fully saturated rings. The first-order valence-corrected chi connectivity index (χ1v) is 9.51. The van der Waals surface area contributed by atoms with E-state index < -0.39 is 51.2 Å². The number of esters is 2. The molecule has 1 aliphatic rings. The van der Waals surface area contributed by atoms with Crippen LogP contribution in [0, 0.1) is 0 Å². The highest BCUT2D eigenvalue weighted by atomic mass is 32.2. The molecule has 0 spiro atoms. The Balaban J connectivity index is 2.27. The number of carbonyl (C=O) groups is 2. The standard InChI is InChI=1S/C17H17F3O7S/c1-10(21)25-9-15-14(26-11(2)22)7-8-16(27-15)28(23,24)13-5-3-12(4-6-13)17(18,19)20/h3-8,14-16H,9H2,1-2H3/t14-,15+,16+/m0/s1. The molecule has 1 aliphatic heterocycles. The van der Waals surface area contributed by atoms with Crippen LogP contribution in [0.1, 0.15) is 19.4 Å². The molecule has 0 saturated carbocycles. The molecule has 0 radical (unpaired) electrons. The van der Waals surface area contributed by atoms with Gasteiger partial charge < -0.3 is 14.2 Å². The molecule has 0 aliphatic carbocycles. The predicted molar refractivity (Wildman–Crippen MR) is 88.6 cm³/mol. The molecular weight excluding hydrogens is 405 g/mol. The Morgan fingerprint density at radius 2 is 1.68 bits per heavy atom. The van der Waals surface area contributed by atoms with Crippen LogP contribution in [0.2, 0.25) is 0 Å². The molecule has 154 valence electrons. The third-order valence-electron chi connectivity index (χ3n) is 3.70. The summed E-state index contributed by atoms with van der Waals surface area (Å²) in [6.45, 7) is 1.90. The Hall–Kier alpha value is -2.40. The van der Waals surface area contributed by atoms with Crippen molar-refractivity contribution in [2.45, 2.75) is 42.6 Å². The van der Waals surface area contributed by atoms with Crippen LogP contribution in [0.3, 0.4) is 0 Å². The largest absolute Gasteiger partial charge is 0.463 e. The second-order valence-electron chi connectivity index (χ2n) is 5.87. The molecule has 11 heteroatoms. The summed E-state index contributed by atoms with van der Waals surface area (Å²) in [5.41, 5.74) is -2.55. The number of hydrogen-bond acceptors (Lipinski definition) is 7. The molecule has 3 atom stereocenters. The van der Waals surface area contributed by atoms with Crippen LogP contribution in [-0.2, 0) is 39.8 Å². The van der Waals surface area contributed by atoms with Gasteiger partial charge in [-0.15, -0.1) is 0 Å². The Kier molecular flexibility index (Phi) is 6.50. The van der Waals surface area contributed by atoms with Crippen LogP contribution in [0.4, 0.5) is 13.2 Å². The van der Waals surface area contributed by atoms with E-state index >= 15 is 0 Å². The summed E-state index contributed by atoms with van der Waals surface area (Å²) in [5, 5.41) is 0. The molecule has 0 unspecified atom stereocenters. The third-order valence-corrected chi connectivity index (χ3v) is 5.51. The van der Waals surface area contributed by atoms with Gasteiger partial charge in [-0.05, 0) is 36.4 Å². The average molecular weight is 422 g/mol. The summed E-state index contributed by atoms with van der Waals surface area (Å²) in [6.07, 6.45) is -4.31. The summed E-state index contributed by atoms with van der Waals surface area (Å²) in [5.74, 6) is -1.31. The Morgan fingerprint density at radius 3 is 2.18 bits per heavy atom. The molecule has 0 bridgehead atoms. The number of alkyl halides is 3. The Morgan fingerprint density at radius 1 is 1.07 bits per heavy atom. The maximum atomic E-state index is 12.7. The topological polar surface area (TPSA) is 96.0 Å². The lowest BCUT2D eigenvalue weighted by Crippen LogP contribution is -2.43. The minimum atomic E-state index is -4.60. The summed E-state index contributed by atoms with van der Waals surface area (Å²) in [4.78, 5) is 21.8. The van der Waals surface area contributed by atoms with Crippen LogP contribution in [0.5, 0.6) is 0 Å². The van der Waals surface area contributed by atoms with E-state index in [1.54, 1.807) is 0 Å². The van der Waals surface area contributed by atoms with Crippen molar-refractivity contribution in [3.8, 4) is 0 Å². The van der Waals surface area contributed by atoms with E-state index in [0.717, 1.165) is 32.1 Å². The number of ether oxygens (including phenoxy) is 3. The van der Waals surface area contributed by atoms with Gasteiger partial charge in [-0.2, -0.15) is 13.2 Å². The fourth-order valence-electron chi connectivity index (χ4n) is 2.40. The molecule has 0 amide bonds. The number of sulfone groups is 1. The Labute approximate surface area is 159 Å². The fourth-order valence-corrected chi connectivity index (χ4v) is 3.77. The number of benzene rings is 1. The van der Waals surface area contributed by atoms with Crippen molar-refractivity contribution in [1.29, 1.82) is 0 Å². The molecule has 2 rings (SSSR count). The van der Waals surface area contributed by atoms with Gasteiger partial charge in [-0.3, -0.25) is 9.59 Å². The second kappa shape index (κ2) is 8.31. The van der Waals surface area contributed by atoms with Crippen molar-refractivity contribution in [2.24, 2.45) is 0 Å². The third kappa shape index (κ3) is 5.32. The van der Waals surface area contributed by atoms with Crippen LogP contribution in [-0.4, -0.2) is 44.6 Å². The molecule has 0 saturated heterocycles. The van der Waals surface area contributed by atoms with Crippen LogP contribution < -0.4 is 0 Å². The van der Waals surface area contributed by atoms with Crippen LogP contribution in [0.25, 0.3) is 0 Å². The highest BCUT2D eigenvalue weighted by molar-refractivity contribution is 7.92. The smallest absolute Gasteiger partial charge is 0.416 e. The van der Waals surface area contributed by atoms with Crippen LogP contribution >= 0.6 is 0 Å². The van der Waals surface area contributed by atoms with Gasteiger partial charge in [0.15, 0.2) is 5.44 Å². The fraction of sp³-hybridized carbons (Fsp3) is 0.412. The monoisotopic (exact) mass is 422 g/mol. The predicted octanol–water partition coefficient (Wildman–Crippen LogP) is 2.25. The van der Waals surface area contributed by atoms with Gasteiger partial charge in [-0.1, -0.05) is 0 Å². The van der Waals surface area contributed by atoms with Crippen molar-refractivity contribution in [3.63, 3.8) is 0 Å². The first kappa shape index (κ1) is 21.9. The summed E-state index contributed by atoms with van der Waals surface area (Å²) < 4.78 is 78.5. The van der Waals surface area contributed by atoms with E-state index in [1.807, 2.05) is 0 Å². The SMILES string of the molecule is CC(=O)OC[C@H]1O[C@H](S(=O)(=O)c2ccc(C(F)(F)F)cc2)C=C[C@@H]1OC(C)=O. The molecule has 7 nitrogen and oxygen atoms in total. The zero-order chi connectivity index (χ0) is 21.1. The normalized spacial score (nSPS) is 22.5. The van der Waals surface area contributed by atoms with Gasteiger partial charge >= 0.3 is 18.1 Å². The van der Waals surface area contributed by atoms with Crippen molar-refractivity contribution in [1.82, 2.24) is 0 Å². The maximum absolute atomic E-state index is 12.7. The van der Waals surface area contributed by atoms with Crippen molar-refractivity contribution in [3.05, 3.63) is 42.0 Å². The molecule has 28 heavy (non-hydrogen) atoms. The quantitative estimate of drug-likeness (QED) is 0.530. The number of rotatable bonds is 5. The van der Waals surface area contributed by atoms with Crippen molar-refractivity contribution >= 4 is 21.8 Å². The molecule has 0 aromatic heterocycles. The van der Waals surface area contributed by atoms with E-state index in [2.05, 4.69) is 0 Å². The minimum Gasteiger partial charge on any atom is -0.463 e.